The number of nitrogens with zero attached hydrogens (tertiary/aromatic N) is 4. The molecule has 2 aromatic heterocycles. The summed E-state index contributed by atoms with van der Waals surface area (Å²) in [6.45, 7) is 3.10. The molecule has 33 heavy (non-hydrogen) atoms. The highest BCUT2D eigenvalue weighted by Gasteiger charge is 2.22. The number of hydrogen-bond donors (Lipinski definition) is 1. The Kier molecular flexibility index (Phi) is 6.39. The molecule has 2 fully saturated rings. The second kappa shape index (κ2) is 9.75. The van der Waals surface area contributed by atoms with E-state index < -0.39 is 0 Å². The van der Waals surface area contributed by atoms with Gasteiger partial charge in [0.15, 0.2) is 0 Å². The maximum atomic E-state index is 12.9. The standard InChI is InChI=1S/C25H26ClN5O2/c26-21-12-18(7-8-23(21)33-16-17-5-6-17)22-13-20(15-29-30-22)25(32)28-14-19-4-3-9-27-24(19)31-10-1-2-11-31/h3-4,7-9,12-13,15,17H,1-2,5-6,10-11,14,16H2,(H,28,32). The number of benzene rings is 1. The second-order valence-electron chi connectivity index (χ2n) is 8.59. The average Bonchev–Trinajstić information content (AvgIpc) is 3.52. The third-order valence-corrected chi connectivity index (χ3v) is 6.32. The van der Waals surface area contributed by atoms with Crippen LogP contribution in [-0.2, 0) is 6.54 Å². The van der Waals surface area contributed by atoms with Crippen LogP contribution in [0.5, 0.6) is 5.75 Å². The topological polar surface area (TPSA) is 80.2 Å². The van der Waals surface area contributed by atoms with Crippen molar-refractivity contribution in [2.45, 2.75) is 32.2 Å². The van der Waals surface area contributed by atoms with Crippen LogP contribution in [0.2, 0.25) is 5.02 Å². The number of nitrogens with one attached hydrogen (secondary N) is 1. The van der Waals surface area contributed by atoms with Crippen LogP contribution in [0.1, 0.15) is 41.6 Å². The molecule has 0 bridgehead atoms. The Morgan fingerprint density at radius 2 is 2.03 bits per heavy atom. The Morgan fingerprint density at radius 1 is 1.18 bits per heavy atom. The molecule has 1 aliphatic carbocycles. The van der Waals surface area contributed by atoms with E-state index in [1.165, 1.54) is 31.9 Å². The molecule has 2 aliphatic rings. The summed E-state index contributed by atoms with van der Waals surface area (Å²) in [6, 6.07) is 11.2. The van der Waals surface area contributed by atoms with Gasteiger partial charge in [-0.25, -0.2) is 4.98 Å². The van der Waals surface area contributed by atoms with Gasteiger partial charge in [0.05, 0.1) is 29.1 Å². The molecule has 3 heterocycles. The summed E-state index contributed by atoms with van der Waals surface area (Å²) < 4.78 is 5.79. The predicted molar refractivity (Wildman–Crippen MR) is 128 cm³/mol. The molecule has 0 spiro atoms. The molecule has 0 atom stereocenters. The van der Waals surface area contributed by atoms with Crippen LogP contribution in [0.4, 0.5) is 5.82 Å². The first kappa shape index (κ1) is 21.6. The van der Waals surface area contributed by atoms with Crippen LogP contribution in [0.3, 0.4) is 0 Å². The van der Waals surface area contributed by atoms with E-state index in [0.29, 0.717) is 41.1 Å². The quantitative estimate of drug-likeness (QED) is 0.529. The van der Waals surface area contributed by atoms with Crippen molar-refractivity contribution < 1.29 is 9.53 Å². The molecule has 1 saturated heterocycles. The number of carbonyl (C=O) groups is 1. The smallest absolute Gasteiger partial charge is 0.253 e. The summed E-state index contributed by atoms with van der Waals surface area (Å²) >= 11 is 6.41. The van der Waals surface area contributed by atoms with Crippen molar-refractivity contribution in [3.63, 3.8) is 0 Å². The van der Waals surface area contributed by atoms with Crippen molar-refractivity contribution in [2.75, 3.05) is 24.6 Å². The van der Waals surface area contributed by atoms with E-state index in [-0.39, 0.29) is 5.91 Å². The first-order valence-corrected chi connectivity index (χ1v) is 11.8. The first-order valence-electron chi connectivity index (χ1n) is 11.4. The Balaban J connectivity index is 1.26. The number of halogens is 1. The van der Waals surface area contributed by atoms with Gasteiger partial charge < -0.3 is 15.0 Å². The van der Waals surface area contributed by atoms with Gasteiger partial charge in [-0.15, -0.1) is 0 Å². The van der Waals surface area contributed by atoms with Crippen molar-refractivity contribution in [3.8, 4) is 17.0 Å². The number of rotatable bonds is 8. The molecule has 170 valence electrons. The van der Waals surface area contributed by atoms with Crippen molar-refractivity contribution in [1.29, 1.82) is 0 Å². The average molecular weight is 464 g/mol. The lowest BCUT2D eigenvalue weighted by Gasteiger charge is -2.20. The predicted octanol–water partition coefficient (Wildman–Crippen LogP) is 4.51. The highest BCUT2D eigenvalue weighted by Crippen LogP contribution is 2.33. The number of ether oxygens (including phenoxy) is 1. The Labute approximate surface area is 198 Å². The van der Waals surface area contributed by atoms with E-state index in [2.05, 4.69) is 25.4 Å². The molecule has 0 radical (unpaired) electrons. The van der Waals surface area contributed by atoms with Gasteiger partial charge in [-0.3, -0.25) is 4.79 Å². The molecular formula is C25H26ClN5O2. The number of anilines is 1. The van der Waals surface area contributed by atoms with Gasteiger partial charge in [0, 0.05) is 37.0 Å². The minimum absolute atomic E-state index is 0.210. The Morgan fingerprint density at radius 3 is 2.82 bits per heavy atom. The lowest BCUT2D eigenvalue weighted by atomic mass is 10.1. The van der Waals surface area contributed by atoms with Crippen molar-refractivity contribution in [2.24, 2.45) is 5.92 Å². The molecule has 1 saturated carbocycles. The summed E-state index contributed by atoms with van der Waals surface area (Å²) in [5, 5.41) is 11.7. The molecule has 5 rings (SSSR count). The molecule has 1 N–H and O–H groups in total. The minimum Gasteiger partial charge on any atom is -0.492 e. The van der Waals surface area contributed by atoms with Crippen LogP contribution >= 0.6 is 11.6 Å². The summed E-state index contributed by atoms with van der Waals surface area (Å²) in [5.41, 5.74) is 2.81. The largest absolute Gasteiger partial charge is 0.492 e. The van der Waals surface area contributed by atoms with Crippen LogP contribution in [0.25, 0.3) is 11.3 Å². The Hall–Kier alpha value is -3.19. The van der Waals surface area contributed by atoms with Gasteiger partial charge in [0.25, 0.3) is 5.91 Å². The summed E-state index contributed by atoms with van der Waals surface area (Å²) in [7, 11) is 0. The number of aromatic nitrogens is 3. The van der Waals surface area contributed by atoms with Gasteiger partial charge in [-0.2, -0.15) is 10.2 Å². The first-order chi connectivity index (χ1) is 16.2. The highest BCUT2D eigenvalue weighted by atomic mass is 35.5. The zero-order chi connectivity index (χ0) is 22.6. The third-order valence-electron chi connectivity index (χ3n) is 6.03. The summed E-state index contributed by atoms with van der Waals surface area (Å²) in [6.07, 6.45) is 8.06. The van der Waals surface area contributed by atoms with Crippen molar-refractivity contribution >= 4 is 23.3 Å². The van der Waals surface area contributed by atoms with Gasteiger partial charge in [-0.1, -0.05) is 17.7 Å². The molecule has 1 amide bonds. The van der Waals surface area contributed by atoms with Crippen molar-refractivity contribution in [3.05, 3.63) is 64.9 Å². The zero-order valence-electron chi connectivity index (χ0n) is 18.3. The fraction of sp³-hybridized carbons (Fsp3) is 0.360. The second-order valence-corrected chi connectivity index (χ2v) is 9.00. The van der Waals surface area contributed by atoms with Crippen LogP contribution in [0.15, 0.2) is 48.8 Å². The number of pyridine rings is 1. The summed E-state index contributed by atoms with van der Waals surface area (Å²) in [4.78, 5) is 19.7. The van der Waals surface area contributed by atoms with Gasteiger partial charge in [0.2, 0.25) is 0 Å². The lowest BCUT2D eigenvalue weighted by molar-refractivity contribution is 0.0950. The van der Waals surface area contributed by atoms with E-state index in [1.807, 2.05) is 24.3 Å². The van der Waals surface area contributed by atoms with Crippen molar-refractivity contribution in [1.82, 2.24) is 20.5 Å². The molecule has 1 aliphatic heterocycles. The third kappa shape index (κ3) is 5.25. The van der Waals surface area contributed by atoms with E-state index in [4.69, 9.17) is 16.3 Å². The van der Waals surface area contributed by atoms with Crippen LogP contribution in [0, 0.1) is 5.92 Å². The number of amides is 1. The maximum Gasteiger partial charge on any atom is 0.253 e. The van der Waals surface area contributed by atoms with E-state index in [0.717, 1.165) is 30.0 Å². The molecule has 3 aromatic rings. The zero-order valence-corrected chi connectivity index (χ0v) is 19.1. The number of carbonyl (C=O) groups excluding carboxylic acids is 1. The van der Waals surface area contributed by atoms with E-state index in [9.17, 15) is 4.79 Å². The maximum absolute atomic E-state index is 12.9. The monoisotopic (exact) mass is 463 g/mol. The number of hydrogen-bond acceptors (Lipinski definition) is 6. The SMILES string of the molecule is O=C(NCc1cccnc1N1CCCC1)c1cnnc(-c2ccc(OCC3CC3)c(Cl)c2)c1. The normalized spacial score (nSPS) is 15.5. The van der Waals surface area contributed by atoms with Gasteiger partial charge in [0.1, 0.15) is 11.6 Å². The molecule has 7 nitrogen and oxygen atoms in total. The lowest BCUT2D eigenvalue weighted by Crippen LogP contribution is -2.26. The van der Waals surface area contributed by atoms with E-state index in [1.54, 1.807) is 18.3 Å². The Bertz CT molecular complexity index is 1150. The molecule has 0 unspecified atom stereocenters. The minimum atomic E-state index is -0.210. The van der Waals surface area contributed by atoms with E-state index >= 15 is 0 Å². The summed E-state index contributed by atoms with van der Waals surface area (Å²) in [5.74, 6) is 2.06. The molecular weight excluding hydrogens is 438 g/mol. The van der Waals surface area contributed by atoms with Gasteiger partial charge in [-0.05, 0) is 61.9 Å². The molecule has 8 heteroatoms. The fourth-order valence-electron chi connectivity index (χ4n) is 3.96. The fourth-order valence-corrected chi connectivity index (χ4v) is 4.20. The molecule has 1 aromatic carbocycles. The van der Waals surface area contributed by atoms with Gasteiger partial charge >= 0.3 is 0 Å². The van der Waals surface area contributed by atoms with Crippen LogP contribution < -0.4 is 15.0 Å². The van der Waals surface area contributed by atoms with Crippen LogP contribution in [-0.4, -0.2) is 40.8 Å². The highest BCUT2D eigenvalue weighted by molar-refractivity contribution is 6.32.